The molecule has 106 valence electrons. The molecule has 1 aromatic heterocycles. The molecule has 0 aliphatic heterocycles. The fourth-order valence-corrected chi connectivity index (χ4v) is 2.44. The van der Waals surface area contributed by atoms with Crippen LogP contribution in [-0.2, 0) is 6.18 Å². The van der Waals surface area contributed by atoms with Crippen molar-refractivity contribution in [2.75, 3.05) is 11.1 Å². The van der Waals surface area contributed by atoms with Gasteiger partial charge in [-0.2, -0.15) is 18.2 Å². The smallest absolute Gasteiger partial charge is 0.368 e. The highest BCUT2D eigenvalue weighted by molar-refractivity contribution is 5.42. The second-order valence-corrected chi connectivity index (χ2v) is 5.16. The van der Waals surface area contributed by atoms with E-state index in [0.717, 1.165) is 18.9 Å². The lowest BCUT2D eigenvalue weighted by molar-refractivity contribution is -0.141. The summed E-state index contributed by atoms with van der Waals surface area (Å²) in [6.45, 7) is 4.23. The predicted octanol–water partition coefficient (Wildman–Crippen LogP) is 2.92. The summed E-state index contributed by atoms with van der Waals surface area (Å²) in [4.78, 5) is 7.04. The maximum atomic E-state index is 12.6. The van der Waals surface area contributed by atoms with E-state index in [1.54, 1.807) is 0 Å². The van der Waals surface area contributed by atoms with Gasteiger partial charge in [-0.25, -0.2) is 4.98 Å². The minimum Gasteiger partial charge on any atom is -0.368 e. The number of anilines is 2. The number of nitrogens with one attached hydrogen (secondary N) is 1. The molecule has 1 saturated carbocycles. The molecule has 1 heterocycles. The highest BCUT2D eigenvalue weighted by Gasteiger charge is 2.34. The first-order valence-corrected chi connectivity index (χ1v) is 6.25. The van der Waals surface area contributed by atoms with Crippen LogP contribution in [0.5, 0.6) is 0 Å². The monoisotopic (exact) mass is 274 g/mol. The van der Waals surface area contributed by atoms with E-state index in [0.29, 0.717) is 11.8 Å². The first-order valence-electron chi connectivity index (χ1n) is 6.25. The summed E-state index contributed by atoms with van der Waals surface area (Å²) in [5, 5.41) is 3.04. The van der Waals surface area contributed by atoms with Gasteiger partial charge >= 0.3 is 6.18 Å². The van der Waals surface area contributed by atoms with Gasteiger partial charge in [-0.1, -0.05) is 13.8 Å². The van der Waals surface area contributed by atoms with Crippen LogP contribution in [0.15, 0.2) is 6.07 Å². The van der Waals surface area contributed by atoms with Crippen molar-refractivity contribution in [3.8, 4) is 0 Å². The molecule has 1 fully saturated rings. The zero-order valence-electron chi connectivity index (χ0n) is 10.8. The Balaban J connectivity index is 2.19. The van der Waals surface area contributed by atoms with Gasteiger partial charge in [0.25, 0.3) is 0 Å². The molecule has 3 unspecified atom stereocenters. The molecule has 7 heteroatoms. The van der Waals surface area contributed by atoms with Crippen molar-refractivity contribution in [2.45, 2.75) is 38.9 Å². The third-order valence-corrected chi connectivity index (χ3v) is 3.83. The van der Waals surface area contributed by atoms with Crippen LogP contribution in [0.2, 0.25) is 0 Å². The average molecular weight is 274 g/mol. The van der Waals surface area contributed by atoms with Crippen molar-refractivity contribution in [2.24, 2.45) is 11.8 Å². The highest BCUT2D eigenvalue weighted by Crippen LogP contribution is 2.34. The maximum absolute atomic E-state index is 12.6. The molecule has 0 bridgehead atoms. The first-order chi connectivity index (χ1) is 8.77. The van der Waals surface area contributed by atoms with E-state index in [9.17, 15) is 13.2 Å². The van der Waals surface area contributed by atoms with Gasteiger partial charge < -0.3 is 11.1 Å². The van der Waals surface area contributed by atoms with E-state index < -0.39 is 11.9 Å². The molecular formula is C12H17F3N4. The molecule has 4 nitrogen and oxygen atoms in total. The van der Waals surface area contributed by atoms with Crippen LogP contribution in [0.1, 0.15) is 32.4 Å². The topological polar surface area (TPSA) is 63.8 Å². The van der Waals surface area contributed by atoms with Crippen LogP contribution in [0, 0.1) is 11.8 Å². The van der Waals surface area contributed by atoms with Crippen molar-refractivity contribution in [3.63, 3.8) is 0 Å². The van der Waals surface area contributed by atoms with Crippen LogP contribution < -0.4 is 11.1 Å². The molecule has 0 amide bonds. The zero-order valence-corrected chi connectivity index (χ0v) is 10.8. The van der Waals surface area contributed by atoms with Crippen LogP contribution in [0.25, 0.3) is 0 Å². The zero-order chi connectivity index (χ0) is 14.2. The van der Waals surface area contributed by atoms with E-state index in [4.69, 9.17) is 5.73 Å². The lowest BCUT2D eigenvalue weighted by Crippen LogP contribution is -2.25. The van der Waals surface area contributed by atoms with Gasteiger partial charge in [-0.3, -0.25) is 0 Å². The molecule has 3 N–H and O–H groups in total. The quantitative estimate of drug-likeness (QED) is 0.870. The van der Waals surface area contributed by atoms with E-state index in [1.807, 2.05) is 0 Å². The summed E-state index contributed by atoms with van der Waals surface area (Å²) in [6, 6.07) is 1.04. The largest absolute Gasteiger partial charge is 0.433 e. The van der Waals surface area contributed by atoms with Crippen molar-refractivity contribution in [3.05, 3.63) is 11.8 Å². The van der Waals surface area contributed by atoms with Gasteiger partial charge in [0.15, 0.2) is 5.69 Å². The summed E-state index contributed by atoms with van der Waals surface area (Å²) in [7, 11) is 0. The summed E-state index contributed by atoms with van der Waals surface area (Å²) in [5.41, 5.74) is 4.32. The molecule has 1 aliphatic carbocycles. The Morgan fingerprint density at radius 1 is 1.26 bits per heavy atom. The van der Waals surface area contributed by atoms with E-state index in [-0.39, 0.29) is 17.8 Å². The summed E-state index contributed by atoms with van der Waals surface area (Å²) in [5.74, 6) is 0.728. The Hall–Kier alpha value is -1.53. The summed E-state index contributed by atoms with van der Waals surface area (Å²) < 4.78 is 37.9. The minimum atomic E-state index is -4.51. The average Bonchev–Trinajstić information content (AvgIpc) is 2.59. The number of rotatable bonds is 2. The fourth-order valence-electron chi connectivity index (χ4n) is 2.44. The normalized spacial score (nSPS) is 27.5. The Morgan fingerprint density at radius 3 is 2.47 bits per heavy atom. The van der Waals surface area contributed by atoms with Gasteiger partial charge in [0, 0.05) is 12.1 Å². The molecule has 3 atom stereocenters. The van der Waals surface area contributed by atoms with Crippen LogP contribution >= 0.6 is 0 Å². The third kappa shape index (κ3) is 3.08. The number of nitrogens with two attached hydrogens (primary N) is 1. The number of halogens is 3. The highest BCUT2D eigenvalue weighted by atomic mass is 19.4. The van der Waals surface area contributed by atoms with Crippen molar-refractivity contribution in [1.29, 1.82) is 0 Å². The molecule has 0 saturated heterocycles. The lowest BCUT2D eigenvalue weighted by Gasteiger charge is -2.20. The van der Waals surface area contributed by atoms with Crippen LogP contribution in [0.4, 0.5) is 24.9 Å². The van der Waals surface area contributed by atoms with E-state index >= 15 is 0 Å². The number of hydrogen-bond donors (Lipinski definition) is 2. The molecule has 19 heavy (non-hydrogen) atoms. The summed E-state index contributed by atoms with van der Waals surface area (Å²) in [6.07, 6.45) is -2.53. The van der Waals surface area contributed by atoms with E-state index in [1.165, 1.54) is 0 Å². The van der Waals surface area contributed by atoms with Gasteiger partial charge in [0.05, 0.1) is 0 Å². The van der Waals surface area contributed by atoms with Crippen LogP contribution in [0.3, 0.4) is 0 Å². The SMILES string of the molecule is CC1CCC(Nc2cc(C(F)(F)F)nc(N)n2)C1C. The van der Waals surface area contributed by atoms with Crippen molar-refractivity contribution < 1.29 is 13.2 Å². The Kier molecular flexibility index (Phi) is 3.56. The fraction of sp³-hybridized carbons (Fsp3) is 0.667. The predicted molar refractivity (Wildman–Crippen MR) is 66.4 cm³/mol. The van der Waals surface area contributed by atoms with Crippen molar-refractivity contribution >= 4 is 11.8 Å². The van der Waals surface area contributed by atoms with Gasteiger partial charge in [-0.15, -0.1) is 0 Å². The number of nitrogens with zero attached hydrogens (tertiary/aromatic N) is 2. The molecular weight excluding hydrogens is 257 g/mol. The lowest BCUT2D eigenvalue weighted by atomic mass is 9.98. The first kappa shape index (κ1) is 13.9. The molecule has 2 rings (SSSR count). The summed E-state index contributed by atoms with van der Waals surface area (Å²) >= 11 is 0. The van der Waals surface area contributed by atoms with Crippen LogP contribution in [-0.4, -0.2) is 16.0 Å². The van der Waals surface area contributed by atoms with E-state index in [2.05, 4.69) is 29.1 Å². The molecule has 0 spiro atoms. The number of aromatic nitrogens is 2. The number of alkyl halides is 3. The second-order valence-electron chi connectivity index (χ2n) is 5.16. The number of nitrogen functional groups attached to an aromatic ring is 1. The Bertz CT molecular complexity index is 461. The molecule has 1 aromatic rings. The molecule has 0 aromatic carbocycles. The molecule has 1 aliphatic rings. The van der Waals surface area contributed by atoms with Gasteiger partial charge in [0.1, 0.15) is 5.82 Å². The Labute approximate surface area is 109 Å². The number of hydrogen-bond acceptors (Lipinski definition) is 4. The standard InChI is InChI=1S/C12H17F3N4/c1-6-3-4-8(7(6)2)17-10-5-9(12(13,14)15)18-11(16)19-10/h5-8H,3-4H2,1-2H3,(H3,16,17,18,19). The molecule has 0 radical (unpaired) electrons. The third-order valence-electron chi connectivity index (χ3n) is 3.83. The maximum Gasteiger partial charge on any atom is 0.433 e. The van der Waals surface area contributed by atoms with Gasteiger partial charge in [-0.05, 0) is 24.7 Å². The second kappa shape index (κ2) is 4.86. The van der Waals surface area contributed by atoms with Gasteiger partial charge in [0.2, 0.25) is 5.95 Å². The van der Waals surface area contributed by atoms with Crippen molar-refractivity contribution in [1.82, 2.24) is 9.97 Å². The minimum absolute atomic E-state index is 0.130. The Morgan fingerprint density at radius 2 is 1.95 bits per heavy atom.